The van der Waals surface area contributed by atoms with Crippen molar-refractivity contribution in [2.45, 2.75) is 0 Å². The minimum Gasteiger partial charge on any atom is -0.336 e. The molecule has 2 heterocycles. The van der Waals surface area contributed by atoms with Crippen LogP contribution in [0.4, 0.5) is 4.79 Å². The lowest BCUT2D eigenvalue weighted by atomic mass is 10.1. The number of nitrogens with zero attached hydrogens (tertiary/aromatic N) is 1. The maximum absolute atomic E-state index is 11.2. The van der Waals surface area contributed by atoms with E-state index in [1.807, 2.05) is 16.7 Å². The number of hydrogen-bond acceptors (Lipinski definition) is 3. The van der Waals surface area contributed by atoms with Gasteiger partial charge in [-0.3, -0.25) is 0 Å². The fourth-order valence-electron chi connectivity index (χ4n) is 1.62. The van der Waals surface area contributed by atoms with Crippen LogP contribution < -0.4 is 10.6 Å². The second-order valence-corrected chi connectivity index (χ2v) is 4.97. The predicted octanol–water partition coefficient (Wildman–Crippen LogP) is -0.0358. The Morgan fingerprint density at radius 3 is 2.93 bits per heavy atom. The van der Waals surface area contributed by atoms with E-state index in [0.29, 0.717) is 0 Å². The highest BCUT2D eigenvalue weighted by Crippen LogP contribution is 2.12. The molecule has 0 bridgehead atoms. The topological polar surface area (TPSA) is 44.4 Å². The van der Waals surface area contributed by atoms with Gasteiger partial charge in [0, 0.05) is 25.4 Å². The zero-order valence-corrected chi connectivity index (χ0v) is 9.11. The van der Waals surface area contributed by atoms with E-state index in [1.165, 1.54) is 18.8 Å². The van der Waals surface area contributed by atoms with Crippen LogP contribution in [0.15, 0.2) is 0 Å². The lowest BCUT2D eigenvalue weighted by Gasteiger charge is -2.26. The van der Waals surface area contributed by atoms with Crippen molar-refractivity contribution >= 4 is 17.8 Å². The molecule has 2 fully saturated rings. The van der Waals surface area contributed by atoms with E-state index in [2.05, 4.69) is 10.6 Å². The number of carbonyl (C=O) groups excluding carboxylic acids is 1. The molecule has 5 heteroatoms. The van der Waals surface area contributed by atoms with E-state index in [4.69, 9.17) is 0 Å². The molecule has 0 atom stereocenters. The van der Waals surface area contributed by atoms with E-state index in [9.17, 15) is 4.79 Å². The van der Waals surface area contributed by atoms with Crippen LogP contribution in [0.2, 0.25) is 0 Å². The Balaban J connectivity index is 1.51. The normalized spacial score (nSPS) is 22.3. The smallest absolute Gasteiger partial charge is 0.317 e. The highest BCUT2D eigenvalue weighted by molar-refractivity contribution is 7.99. The monoisotopic (exact) mass is 215 g/mol. The van der Waals surface area contributed by atoms with E-state index in [-0.39, 0.29) is 6.03 Å². The Morgan fingerprint density at radius 2 is 2.36 bits per heavy atom. The molecule has 2 amide bonds. The molecular weight excluding hydrogens is 198 g/mol. The molecule has 0 saturated carbocycles. The number of carbonyl (C=O) groups is 1. The molecule has 0 spiro atoms. The quantitative estimate of drug-likeness (QED) is 0.633. The van der Waals surface area contributed by atoms with Gasteiger partial charge in [-0.2, -0.15) is 11.8 Å². The Morgan fingerprint density at radius 1 is 1.50 bits per heavy atom. The molecule has 2 saturated heterocycles. The van der Waals surface area contributed by atoms with Crippen LogP contribution in [0.5, 0.6) is 0 Å². The van der Waals surface area contributed by atoms with E-state index < -0.39 is 0 Å². The van der Waals surface area contributed by atoms with Gasteiger partial charge in [0.1, 0.15) is 0 Å². The lowest BCUT2D eigenvalue weighted by Crippen LogP contribution is -2.43. The van der Waals surface area contributed by atoms with Crippen LogP contribution in [0, 0.1) is 5.92 Å². The summed E-state index contributed by atoms with van der Waals surface area (Å²) in [6, 6.07) is 0.107. The fourth-order valence-corrected chi connectivity index (χ4v) is 2.70. The van der Waals surface area contributed by atoms with E-state index in [1.54, 1.807) is 0 Å². The molecule has 2 rings (SSSR count). The average Bonchev–Trinajstić information content (AvgIpc) is 2.48. The zero-order valence-electron chi connectivity index (χ0n) is 8.29. The lowest BCUT2D eigenvalue weighted by molar-refractivity contribution is 0.220. The Labute approximate surface area is 88.8 Å². The molecule has 4 nitrogen and oxygen atoms in total. The zero-order chi connectivity index (χ0) is 9.80. The Hall–Kier alpha value is -0.420. The maximum Gasteiger partial charge on any atom is 0.317 e. The van der Waals surface area contributed by atoms with Crippen molar-refractivity contribution in [3.8, 4) is 0 Å². The predicted molar refractivity (Wildman–Crippen MR) is 58.7 cm³/mol. The number of thioether (sulfide) groups is 1. The summed E-state index contributed by atoms with van der Waals surface area (Å²) < 4.78 is 0. The van der Waals surface area contributed by atoms with Crippen molar-refractivity contribution in [2.24, 2.45) is 5.92 Å². The first-order valence-corrected chi connectivity index (χ1v) is 6.33. The summed E-state index contributed by atoms with van der Waals surface area (Å²) in [7, 11) is 0. The van der Waals surface area contributed by atoms with Crippen LogP contribution in [0.3, 0.4) is 0 Å². The maximum atomic E-state index is 11.2. The van der Waals surface area contributed by atoms with Gasteiger partial charge in [0.2, 0.25) is 0 Å². The van der Waals surface area contributed by atoms with Gasteiger partial charge < -0.3 is 15.5 Å². The standard InChI is InChI=1S/C9H17N3OS/c13-9-11-1-2-12(9)3-4-14-7-8-5-10-6-8/h8,10H,1-7H2,(H,11,13). The SMILES string of the molecule is O=C1NCCN1CCSCC1CNC1. The molecule has 0 unspecified atom stereocenters. The number of hydrogen-bond donors (Lipinski definition) is 2. The minimum absolute atomic E-state index is 0.107. The molecule has 2 aliphatic rings. The first-order valence-electron chi connectivity index (χ1n) is 5.17. The van der Waals surface area contributed by atoms with Crippen molar-refractivity contribution in [3.63, 3.8) is 0 Å². The first-order chi connectivity index (χ1) is 6.86. The molecule has 2 N–H and O–H groups in total. The molecular formula is C9H17N3OS. The van der Waals surface area contributed by atoms with Gasteiger partial charge in [0.15, 0.2) is 0 Å². The van der Waals surface area contributed by atoms with Crippen LogP contribution in [-0.4, -0.2) is 55.2 Å². The summed E-state index contributed by atoms with van der Waals surface area (Å²) >= 11 is 1.96. The highest BCUT2D eigenvalue weighted by Gasteiger charge is 2.19. The molecule has 80 valence electrons. The van der Waals surface area contributed by atoms with Crippen LogP contribution >= 0.6 is 11.8 Å². The van der Waals surface area contributed by atoms with Gasteiger partial charge in [-0.25, -0.2) is 4.79 Å². The number of urea groups is 1. The average molecular weight is 215 g/mol. The van der Waals surface area contributed by atoms with Gasteiger partial charge in [-0.15, -0.1) is 0 Å². The van der Waals surface area contributed by atoms with Crippen molar-refractivity contribution in [1.29, 1.82) is 0 Å². The summed E-state index contributed by atoms with van der Waals surface area (Å²) in [5, 5.41) is 6.07. The highest BCUT2D eigenvalue weighted by atomic mass is 32.2. The van der Waals surface area contributed by atoms with Crippen LogP contribution in [0.25, 0.3) is 0 Å². The van der Waals surface area contributed by atoms with Crippen LogP contribution in [0.1, 0.15) is 0 Å². The minimum atomic E-state index is 0.107. The largest absolute Gasteiger partial charge is 0.336 e. The summed E-state index contributed by atoms with van der Waals surface area (Å²) in [5.74, 6) is 3.18. The van der Waals surface area contributed by atoms with Crippen molar-refractivity contribution < 1.29 is 4.79 Å². The van der Waals surface area contributed by atoms with E-state index in [0.717, 1.165) is 31.3 Å². The number of nitrogens with one attached hydrogen (secondary N) is 2. The van der Waals surface area contributed by atoms with Gasteiger partial charge in [0.25, 0.3) is 0 Å². The van der Waals surface area contributed by atoms with Gasteiger partial charge in [-0.1, -0.05) is 0 Å². The third-order valence-corrected chi connectivity index (χ3v) is 3.85. The summed E-state index contributed by atoms with van der Waals surface area (Å²) in [6.07, 6.45) is 0. The third kappa shape index (κ3) is 2.54. The Kier molecular flexibility index (Phi) is 3.53. The molecule has 0 aromatic heterocycles. The fraction of sp³-hybridized carbons (Fsp3) is 0.889. The summed E-state index contributed by atoms with van der Waals surface area (Å²) in [4.78, 5) is 13.1. The van der Waals surface area contributed by atoms with E-state index >= 15 is 0 Å². The number of rotatable bonds is 5. The molecule has 14 heavy (non-hydrogen) atoms. The molecule has 2 aliphatic heterocycles. The molecule has 0 aliphatic carbocycles. The van der Waals surface area contributed by atoms with Crippen molar-refractivity contribution in [1.82, 2.24) is 15.5 Å². The van der Waals surface area contributed by atoms with Crippen molar-refractivity contribution in [2.75, 3.05) is 44.2 Å². The molecule has 0 aromatic carbocycles. The third-order valence-electron chi connectivity index (χ3n) is 2.67. The second kappa shape index (κ2) is 4.89. The molecule has 0 radical (unpaired) electrons. The first kappa shape index (κ1) is 10.1. The summed E-state index contributed by atoms with van der Waals surface area (Å²) in [5.41, 5.74) is 0. The summed E-state index contributed by atoms with van der Waals surface area (Å²) in [6.45, 7) is 4.95. The van der Waals surface area contributed by atoms with Crippen LogP contribution in [-0.2, 0) is 0 Å². The van der Waals surface area contributed by atoms with Crippen molar-refractivity contribution in [3.05, 3.63) is 0 Å². The second-order valence-electron chi connectivity index (χ2n) is 3.82. The van der Waals surface area contributed by atoms with Gasteiger partial charge in [0.05, 0.1) is 0 Å². The van der Waals surface area contributed by atoms with Gasteiger partial charge >= 0.3 is 6.03 Å². The van der Waals surface area contributed by atoms with Gasteiger partial charge in [-0.05, 0) is 24.8 Å². The molecule has 0 aromatic rings. The Bertz CT molecular complexity index is 208. The number of amides is 2.